The van der Waals surface area contributed by atoms with Gasteiger partial charge in [-0.1, -0.05) is 58.4 Å². The summed E-state index contributed by atoms with van der Waals surface area (Å²) in [6.45, 7) is 0.352. The lowest BCUT2D eigenvalue weighted by Gasteiger charge is -2.25. The second-order valence-electron chi connectivity index (χ2n) is 7.51. The highest BCUT2D eigenvalue weighted by Crippen LogP contribution is 2.40. The summed E-state index contributed by atoms with van der Waals surface area (Å²) in [5.41, 5.74) is 2.36. The van der Waals surface area contributed by atoms with Crippen LogP contribution in [0.5, 0.6) is 5.75 Å². The first-order chi connectivity index (χ1) is 15.5. The van der Waals surface area contributed by atoms with Crippen molar-refractivity contribution in [2.24, 2.45) is 0 Å². The molecule has 162 valence electrons. The maximum Gasteiger partial charge on any atom is 0.295 e. The van der Waals surface area contributed by atoms with Crippen LogP contribution in [0.4, 0.5) is 0 Å². The Balaban J connectivity index is 1.78. The first-order valence-corrected chi connectivity index (χ1v) is 11.0. The minimum absolute atomic E-state index is 0.0892. The number of methoxy groups -OCH3 is 1. The molecular formula is C26H22BrNO4. The number of aliphatic hydroxyl groups is 1. The number of carbonyl (C=O) groups is 2. The van der Waals surface area contributed by atoms with Crippen molar-refractivity contribution < 1.29 is 19.4 Å². The Labute approximate surface area is 195 Å². The van der Waals surface area contributed by atoms with E-state index in [1.807, 2.05) is 54.6 Å². The first-order valence-electron chi connectivity index (χ1n) is 10.2. The average molecular weight is 492 g/mol. The van der Waals surface area contributed by atoms with E-state index in [0.717, 1.165) is 15.6 Å². The van der Waals surface area contributed by atoms with Crippen molar-refractivity contribution >= 4 is 33.4 Å². The maximum absolute atomic E-state index is 13.1. The van der Waals surface area contributed by atoms with E-state index in [1.165, 1.54) is 0 Å². The van der Waals surface area contributed by atoms with Crippen LogP contribution in [-0.2, 0) is 16.0 Å². The van der Waals surface area contributed by atoms with Gasteiger partial charge in [-0.3, -0.25) is 9.59 Å². The molecule has 0 aromatic heterocycles. The van der Waals surface area contributed by atoms with Gasteiger partial charge in [0.25, 0.3) is 11.7 Å². The Morgan fingerprint density at radius 2 is 1.72 bits per heavy atom. The zero-order chi connectivity index (χ0) is 22.7. The lowest BCUT2D eigenvalue weighted by molar-refractivity contribution is -0.139. The number of nitrogens with zero attached hydrogens (tertiary/aromatic N) is 1. The van der Waals surface area contributed by atoms with Gasteiger partial charge in [0.15, 0.2) is 0 Å². The molecule has 4 rings (SSSR count). The third kappa shape index (κ3) is 4.32. The largest absolute Gasteiger partial charge is 0.507 e. The van der Waals surface area contributed by atoms with E-state index in [1.54, 1.807) is 36.3 Å². The first kappa shape index (κ1) is 21.8. The van der Waals surface area contributed by atoms with Gasteiger partial charge in [-0.05, 0) is 53.9 Å². The minimum atomic E-state index is -0.684. The molecule has 3 aromatic carbocycles. The van der Waals surface area contributed by atoms with Crippen molar-refractivity contribution in [3.8, 4) is 5.75 Å². The van der Waals surface area contributed by atoms with Crippen molar-refractivity contribution in [1.82, 2.24) is 4.90 Å². The molecule has 5 nitrogen and oxygen atoms in total. The highest BCUT2D eigenvalue weighted by Gasteiger charge is 2.45. The topological polar surface area (TPSA) is 66.8 Å². The van der Waals surface area contributed by atoms with E-state index in [0.29, 0.717) is 24.3 Å². The Bertz CT molecular complexity index is 1170. The highest BCUT2D eigenvalue weighted by atomic mass is 79.9. The molecule has 1 aliphatic rings. The third-order valence-electron chi connectivity index (χ3n) is 5.55. The molecule has 0 spiro atoms. The normalized spacial score (nSPS) is 17.6. The van der Waals surface area contributed by atoms with E-state index < -0.39 is 17.7 Å². The lowest BCUT2D eigenvalue weighted by atomic mass is 9.95. The molecule has 3 aromatic rings. The SMILES string of the molecule is COc1ccc(C(O)=C2C(=O)C(=O)N(CCc3ccccc3)C2c2cccc(Br)c2)cc1. The Hall–Kier alpha value is -3.38. The van der Waals surface area contributed by atoms with E-state index >= 15 is 0 Å². The maximum atomic E-state index is 13.1. The van der Waals surface area contributed by atoms with Crippen LogP contribution in [0.25, 0.3) is 5.76 Å². The summed E-state index contributed by atoms with van der Waals surface area (Å²) in [5, 5.41) is 11.1. The molecule has 1 N–H and O–H groups in total. The number of rotatable bonds is 6. The molecule has 1 fully saturated rings. The fourth-order valence-electron chi connectivity index (χ4n) is 3.93. The number of hydrogen-bond donors (Lipinski definition) is 1. The number of benzene rings is 3. The van der Waals surface area contributed by atoms with E-state index in [2.05, 4.69) is 15.9 Å². The number of carbonyl (C=O) groups excluding carboxylic acids is 2. The fraction of sp³-hybridized carbons (Fsp3) is 0.154. The Morgan fingerprint density at radius 3 is 2.38 bits per heavy atom. The van der Waals surface area contributed by atoms with Crippen LogP contribution in [-0.4, -0.2) is 35.4 Å². The third-order valence-corrected chi connectivity index (χ3v) is 6.05. The summed E-state index contributed by atoms with van der Waals surface area (Å²) in [5.74, 6) is -0.857. The Kier molecular flexibility index (Phi) is 6.42. The predicted octanol–water partition coefficient (Wildman–Crippen LogP) is 5.12. The lowest BCUT2D eigenvalue weighted by Crippen LogP contribution is -2.31. The molecule has 6 heteroatoms. The number of ketones is 1. The molecule has 1 heterocycles. The molecule has 1 amide bonds. The molecule has 0 bridgehead atoms. The van der Waals surface area contributed by atoms with Gasteiger partial charge in [-0.2, -0.15) is 0 Å². The predicted molar refractivity (Wildman–Crippen MR) is 126 cm³/mol. The molecule has 0 saturated carbocycles. The van der Waals surface area contributed by atoms with Crippen molar-refractivity contribution in [3.05, 3.63) is 106 Å². The zero-order valence-corrected chi connectivity index (χ0v) is 19.1. The molecule has 1 aliphatic heterocycles. The van der Waals surface area contributed by atoms with Gasteiger partial charge in [-0.15, -0.1) is 0 Å². The molecule has 1 atom stereocenters. The van der Waals surface area contributed by atoms with Crippen molar-refractivity contribution in [2.45, 2.75) is 12.5 Å². The molecular weight excluding hydrogens is 470 g/mol. The van der Waals surface area contributed by atoms with Crippen LogP contribution in [0, 0.1) is 0 Å². The number of hydrogen-bond acceptors (Lipinski definition) is 4. The van der Waals surface area contributed by atoms with E-state index in [4.69, 9.17) is 4.74 Å². The van der Waals surface area contributed by atoms with E-state index in [9.17, 15) is 14.7 Å². The fourth-order valence-corrected chi connectivity index (χ4v) is 4.35. The van der Waals surface area contributed by atoms with Crippen LogP contribution < -0.4 is 4.74 Å². The van der Waals surface area contributed by atoms with Crippen molar-refractivity contribution in [2.75, 3.05) is 13.7 Å². The highest BCUT2D eigenvalue weighted by molar-refractivity contribution is 9.10. The quantitative estimate of drug-likeness (QED) is 0.295. The summed E-state index contributed by atoms with van der Waals surface area (Å²) in [6.07, 6.45) is 0.598. The van der Waals surface area contributed by atoms with Crippen LogP contribution >= 0.6 is 15.9 Å². The molecule has 32 heavy (non-hydrogen) atoms. The second kappa shape index (κ2) is 9.40. The number of Topliss-reactive ketones (excluding diaryl/α,β-unsaturated/α-hetero) is 1. The number of likely N-dealkylation sites (tertiary alicyclic amines) is 1. The molecule has 0 radical (unpaired) electrons. The minimum Gasteiger partial charge on any atom is -0.507 e. The zero-order valence-electron chi connectivity index (χ0n) is 17.5. The smallest absolute Gasteiger partial charge is 0.295 e. The van der Waals surface area contributed by atoms with Gasteiger partial charge in [0.2, 0.25) is 0 Å². The standard InChI is InChI=1S/C26H22BrNO4/c1-32-21-12-10-18(11-13-21)24(29)22-23(19-8-5-9-20(27)16-19)28(26(31)25(22)30)15-14-17-6-3-2-4-7-17/h2-13,16,23,29H,14-15H2,1H3. The molecule has 1 saturated heterocycles. The van der Waals surface area contributed by atoms with Crippen molar-refractivity contribution in [1.29, 1.82) is 0 Å². The van der Waals surface area contributed by atoms with Crippen LogP contribution in [0.2, 0.25) is 0 Å². The van der Waals surface area contributed by atoms with Gasteiger partial charge in [-0.25, -0.2) is 0 Å². The second-order valence-corrected chi connectivity index (χ2v) is 8.43. The van der Waals surface area contributed by atoms with Gasteiger partial charge >= 0.3 is 0 Å². The van der Waals surface area contributed by atoms with Gasteiger partial charge in [0.05, 0.1) is 18.7 Å². The number of aliphatic hydroxyl groups excluding tert-OH is 1. The van der Waals surface area contributed by atoms with Crippen LogP contribution in [0.3, 0.4) is 0 Å². The van der Waals surface area contributed by atoms with Gasteiger partial charge < -0.3 is 14.7 Å². The van der Waals surface area contributed by atoms with Crippen LogP contribution in [0.15, 0.2) is 88.9 Å². The molecule has 1 unspecified atom stereocenters. The van der Waals surface area contributed by atoms with Crippen LogP contribution in [0.1, 0.15) is 22.7 Å². The van der Waals surface area contributed by atoms with E-state index in [-0.39, 0.29) is 11.3 Å². The number of halogens is 1. The number of amides is 1. The molecule has 0 aliphatic carbocycles. The van der Waals surface area contributed by atoms with Gasteiger partial charge in [0.1, 0.15) is 11.5 Å². The average Bonchev–Trinajstić information content (AvgIpc) is 3.08. The summed E-state index contributed by atoms with van der Waals surface area (Å²) in [7, 11) is 1.56. The summed E-state index contributed by atoms with van der Waals surface area (Å²) < 4.78 is 6.00. The summed E-state index contributed by atoms with van der Waals surface area (Å²) >= 11 is 3.47. The number of ether oxygens (including phenoxy) is 1. The Morgan fingerprint density at radius 1 is 1.00 bits per heavy atom. The monoisotopic (exact) mass is 491 g/mol. The van der Waals surface area contributed by atoms with Gasteiger partial charge in [0, 0.05) is 16.6 Å². The summed E-state index contributed by atoms with van der Waals surface area (Å²) in [4.78, 5) is 27.7. The summed E-state index contributed by atoms with van der Waals surface area (Å²) in [6, 6.07) is 23.3. The van der Waals surface area contributed by atoms with Crippen molar-refractivity contribution in [3.63, 3.8) is 0 Å².